The van der Waals surface area contributed by atoms with Crippen LogP contribution in [0.1, 0.15) is 39.1 Å². The van der Waals surface area contributed by atoms with Crippen LogP contribution in [0.2, 0.25) is 0 Å². The molecule has 1 aliphatic heterocycles. The molecule has 2 aromatic carbocycles. The molecule has 1 fully saturated rings. The van der Waals surface area contributed by atoms with Crippen molar-refractivity contribution in [3.05, 3.63) is 89.9 Å². The van der Waals surface area contributed by atoms with Crippen molar-refractivity contribution in [1.82, 2.24) is 14.6 Å². The van der Waals surface area contributed by atoms with Crippen LogP contribution in [-0.4, -0.2) is 45.9 Å². The van der Waals surface area contributed by atoms with E-state index in [2.05, 4.69) is 20.3 Å². The SMILES string of the molecule is NCC1CCN(c2cc(C(=O)Nc3ccccc3)ccc2CC(=O)c2cnn3cccnc23)CC1. The largest absolute Gasteiger partial charge is 0.371 e. The maximum Gasteiger partial charge on any atom is 0.255 e. The molecule has 0 unspecified atom stereocenters. The number of anilines is 2. The molecule has 4 aromatic rings. The van der Waals surface area contributed by atoms with Crippen LogP contribution in [0, 0.1) is 5.92 Å². The highest BCUT2D eigenvalue weighted by molar-refractivity contribution is 6.06. The summed E-state index contributed by atoms with van der Waals surface area (Å²) in [5, 5.41) is 7.19. The predicted molar refractivity (Wildman–Crippen MR) is 136 cm³/mol. The van der Waals surface area contributed by atoms with Crippen molar-refractivity contribution in [2.45, 2.75) is 19.3 Å². The van der Waals surface area contributed by atoms with E-state index in [1.165, 1.54) is 0 Å². The first-order chi connectivity index (χ1) is 17.1. The number of benzene rings is 2. The Balaban J connectivity index is 1.44. The second-order valence-corrected chi connectivity index (χ2v) is 8.88. The second-order valence-electron chi connectivity index (χ2n) is 8.88. The van der Waals surface area contributed by atoms with Crippen molar-refractivity contribution in [1.29, 1.82) is 0 Å². The van der Waals surface area contributed by atoms with Crippen molar-refractivity contribution >= 4 is 28.7 Å². The van der Waals surface area contributed by atoms with Crippen LogP contribution in [0.15, 0.2) is 73.2 Å². The third kappa shape index (κ3) is 4.93. The van der Waals surface area contributed by atoms with Crippen molar-refractivity contribution in [3.63, 3.8) is 0 Å². The molecule has 0 spiro atoms. The lowest BCUT2D eigenvalue weighted by Gasteiger charge is -2.34. The average Bonchev–Trinajstić information content (AvgIpc) is 3.34. The highest BCUT2D eigenvalue weighted by Crippen LogP contribution is 2.29. The van der Waals surface area contributed by atoms with Crippen LogP contribution in [0.4, 0.5) is 11.4 Å². The second kappa shape index (κ2) is 10.1. The number of ketones is 1. The van der Waals surface area contributed by atoms with Gasteiger partial charge < -0.3 is 16.0 Å². The van der Waals surface area contributed by atoms with E-state index in [1.807, 2.05) is 42.5 Å². The Morgan fingerprint density at radius 2 is 1.86 bits per heavy atom. The Morgan fingerprint density at radius 1 is 1.06 bits per heavy atom. The van der Waals surface area contributed by atoms with Crippen molar-refractivity contribution in [2.24, 2.45) is 11.7 Å². The lowest BCUT2D eigenvalue weighted by molar-refractivity contribution is 0.0993. The molecule has 8 nitrogen and oxygen atoms in total. The van der Waals surface area contributed by atoms with Gasteiger partial charge in [-0.25, -0.2) is 9.50 Å². The van der Waals surface area contributed by atoms with Gasteiger partial charge >= 0.3 is 0 Å². The molecule has 0 aliphatic carbocycles. The van der Waals surface area contributed by atoms with Crippen LogP contribution >= 0.6 is 0 Å². The van der Waals surface area contributed by atoms with E-state index in [0.717, 1.165) is 42.9 Å². The minimum absolute atomic E-state index is 0.0571. The number of para-hydroxylation sites is 1. The summed E-state index contributed by atoms with van der Waals surface area (Å²) in [6.45, 7) is 2.36. The fourth-order valence-electron chi connectivity index (χ4n) is 4.58. The molecule has 3 N–H and O–H groups in total. The highest BCUT2D eigenvalue weighted by Gasteiger charge is 2.23. The molecule has 1 amide bonds. The third-order valence-electron chi connectivity index (χ3n) is 6.60. The Labute approximate surface area is 203 Å². The topological polar surface area (TPSA) is 106 Å². The summed E-state index contributed by atoms with van der Waals surface area (Å²) >= 11 is 0. The summed E-state index contributed by atoms with van der Waals surface area (Å²) in [5.41, 5.74) is 10.0. The number of rotatable bonds is 7. The van der Waals surface area contributed by atoms with E-state index in [4.69, 9.17) is 5.73 Å². The van der Waals surface area contributed by atoms with E-state index < -0.39 is 0 Å². The molecule has 3 heterocycles. The highest BCUT2D eigenvalue weighted by atomic mass is 16.1. The molecule has 5 rings (SSSR count). The van der Waals surface area contributed by atoms with Crippen LogP contribution < -0.4 is 16.0 Å². The van der Waals surface area contributed by atoms with Gasteiger partial charge in [0.15, 0.2) is 11.4 Å². The number of nitrogens with zero attached hydrogens (tertiary/aromatic N) is 4. The molecule has 1 saturated heterocycles. The maximum atomic E-state index is 13.3. The molecular formula is C27H28N6O2. The fraction of sp³-hybridized carbons (Fsp3) is 0.259. The number of hydrogen-bond donors (Lipinski definition) is 2. The number of hydrogen-bond acceptors (Lipinski definition) is 6. The summed E-state index contributed by atoms with van der Waals surface area (Å²) in [4.78, 5) is 32.8. The number of aromatic nitrogens is 3. The Bertz CT molecular complexity index is 1340. The summed E-state index contributed by atoms with van der Waals surface area (Å²) < 4.78 is 1.60. The molecule has 1 aliphatic rings. The summed E-state index contributed by atoms with van der Waals surface area (Å²) in [5.74, 6) is 0.267. The van der Waals surface area contributed by atoms with E-state index in [-0.39, 0.29) is 18.1 Å². The predicted octanol–water partition coefficient (Wildman–Crippen LogP) is 3.58. The van der Waals surface area contributed by atoms with Crippen LogP contribution in [0.5, 0.6) is 0 Å². The monoisotopic (exact) mass is 468 g/mol. The van der Waals surface area contributed by atoms with Gasteiger partial charge in [0.2, 0.25) is 0 Å². The Kier molecular flexibility index (Phi) is 6.54. The van der Waals surface area contributed by atoms with Crippen LogP contribution in [0.25, 0.3) is 5.65 Å². The number of carbonyl (C=O) groups is 2. The molecule has 2 aromatic heterocycles. The van der Waals surface area contributed by atoms with Gasteiger partial charge in [0.25, 0.3) is 5.91 Å². The normalized spacial score (nSPS) is 14.3. The van der Waals surface area contributed by atoms with Gasteiger partial charge in [0.05, 0.1) is 11.8 Å². The first kappa shape index (κ1) is 22.7. The lowest BCUT2D eigenvalue weighted by Crippen LogP contribution is -2.36. The molecule has 178 valence electrons. The number of carbonyl (C=O) groups excluding carboxylic acids is 2. The Hall–Kier alpha value is -4.04. The lowest BCUT2D eigenvalue weighted by atomic mass is 9.94. The minimum atomic E-state index is -0.181. The summed E-state index contributed by atoms with van der Waals surface area (Å²) in [6, 6.07) is 16.7. The van der Waals surface area contributed by atoms with Crippen molar-refractivity contribution in [3.8, 4) is 0 Å². The molecule has 8 heteroatoms. The number of amides is 1. The molecule has 0 saturated carbocycles. The number of Topliss-reactive ketones (excluding diaryl/α,β-unsaturated/α-hetero) is 1. The van der Waals surface area contributed by atoms with Crippen molar-refractivity contribution in [2.75, 3.05) is 29.9 Å². The van der Waals surface area contributed by atoms with E-state index in [0.29, 0.717) is 29.2 Å². The standard InChI is InChI=1S/C27H28N6O2/c28-17-19-9-13-32(14-10-19)24-15-21(27(35)31-22-5-2-1-3-6-22)8-7-20(24)16-25(34)23-18-30-33-12-4-11-29-26(23)33/h1-8,11-12,15,18-19H,9-10,13-14,16-17,28H2,(H,31,35). The van der Waals surface area contributed by atoms with Gasteiger partial charge in [0.1, 0.15) is 0 Å². The minimum Gasteiger partial charge on any atom is -0.371 e. The number of nitrogens with two attached hydrogens (primary N) is 1. The van der Waals surface area contributed by atoms with Gasteiger partial charge in [-0.15, -0.1) is 0 Å². The molecular weight excluding hydrogens is 440 g/mol. The van der Waals surface area contributed by atoms with Crippen LogP contribution in [0.3, 0.4) is 0 Å². The number of nitrogens with one attached hydrogen (secondary N) is 1. The van der Waals surface area contributed by atoms with Crippen molar-refractivity contribution < 1.29 is 9.59 Å². The van der Waals surface area contributed by atoms with E-state index in [1.54, 1.807) is 35.2 Å². The fourth-order valence-corrected chi connectivity index (χ4v) is 4.58. The van der Waals surface area contributed by atoms with Gasteiger partial charge in [0, 0.05) is 48.8 Å². The smallest absolute Gasteiger partial charge is 0.255 e. The third-order valence-corrected chi connectivity index (χ3v) is 6.60. The van der Waals surface area contributed by atoms with Gasteiger partial charge in [-0.2, -0.15) is 5.10 Å². The zero-order valence-electron chi connectivity index (χ0n) is 19.4. The molecule has 35 heavy (non-hydrogen) atoms. The zero-order chi connectivity index (χ0) is 24.2. The van der Waals surface area contributed by atoms with Crippen LogP contribution in [-0.2, 0) is 6.42 Å². The first-order valence-electron chi connectivity index (χ1n) is 11.9. The number of fused-ring (bicyclic) bond motifs is 1. The molecule has 0 atom stereocenters. The van der Waals surface area contributed by atoms with E-state index >= 15 is 0 Å². The quantitative estimate of drug-likeness (QED) is 0.402. The first-order valence-corrected chi connectivity index (χ1v) is 11.9. The van der Waals surface area contributed by atoms with Gasteiger partial charge in [-0.3, -0.25) is 9.59 Å². The summed E-state index contributed by atoms with van der Waals surface area (Å²) in [6.07, 6.45) is 7.17. The van der Waals surface area contributed by atoms with Gasteiger partial charge in [-0.05, 0) is 61.2 Å². The molecule has 0 radical (unpaired) electrons. The van der Waals surface area contributed by atoms with E-state index in [9.17, 15) is 9.59 Å². The maximum absolute atomic E-state index is 13.3. The number of piperidine rings is 1. The Morgan fingerprint density at radius 3 is 2.63 bits per heavy atom. The average molecular weight is 469 g/mol. The van der Waals surface area contributed by atoms with Gasteiger partial charge in [-0.1, -0.05) is 24.3 Å². The zero-order valence-corrected chi connectivity index (χ0v) is 19.4. The summed E-state index contributed by atoms with van der Waals surface area (Å²) in [7, 11) is 0. The molecule has 0 bridgehead atoms.